The molecule has 2 aromatic rings. The van der Waals surface area contributed by atoms with Crippen LogP contribution in [0.1, 0.15) is 29.2 Å². The van der Waals surface area contributed by atoms with E-state index in [4.69, 9.17) is 4.74 Å². The first kappa shape index (κ1) is 17.1. The van der Waals surface area contributed by atoms with E-state index in [0.717, 1.165) is 23.5 Å². The van der Waals surface area contributed by atoms with Crippen LogP contribution in [0.2, 0.25) is 0 Å². The van der Waals surface area contributed by atoms with Crippen LogP contribution in [0.5, 0.6) is 0 Å². The molecule has 1 unspecified atom stereocenters. The summed E-state index contributed by atoms with van der Waals surface area (Å²) in [6.45, 7) is 6.51. The first-order valence-electron chi connectivity index (χ1n) is 6.97. The van der Waals surface area contributed by atoms with E-state index in [0.29, 0.717) is 6.47 Å². The Bertz CT molecular complexity index is 703. The molecule has 0 spiro atoms. The van der Waals surface area contributed by atoms with Crippen LogP contribution in [-0.4, -0.2) is 17.7 Å². The van der Waals surface area contributed by atoms with Crippen LogP contribution in [-0.2, 0) is 48.7 Å². The number of aryl methyl sites for hydroxylation is 1. The third-order valence-corrected chi connectivity index (χ3v) is 4.07. The van der Waals surface area contributed by atoms with Gasteiger partial charge in [-0.25, -0.2) is 0 Å². The van der Waals surface area contributed by atoms with Gasteiger partial charge in [0.1, 0.15) is 0 Å². The third kappa shape index (κ3) is 2.82. The van der Waals surface area contributed by atoms with Gasteiger partial charge in [-0.05, 0) is 43.9 Å². The SMILES string of the molecule is Cc1ccc2c(c1C)N(C(C)OC=O)c1n[c-]ccc1C2.[Y]. The van der Waals surface area contributed by atoms with E-state index >= 15 is 0 Å². The van der Waals surface area contributed by atoms with E-state index in [1.807, 2.05) is 24.0 Å². The van der Waals surface area contributed by atoms with Crippen LogP contribution < -0.4 is 4.90 Å². The predicted molar refractivity (Wildman–Crippen MR) is 80.5 cm³/mol. The van der Waals surface area contributed by atoms with Crippen molar-refractivity contribution < 1.29 is 42.2 Å². The average molecular weight is 370 g/mol. The first-order valence-corrected chi connectivity index (χ1v) is 6.97. The largest absolute Gasteiger partial charge is 0.445 e. The maximum Gasteiger partial charge on any atom is 0.294 e. The molecule has 3 rings (SSSR count). The number of fused-ring (bicyclic) bond motifs is 2. The van der Waals surface area contributed by atoms with E-state index < -0.39 is 6.23 Å². The standard InChI is InChI=1S/C17H17N2O2.Y/c1-11-6-7-14-9-15-5-4-8-18-17(15)19(13(3)21-10-20)16(14)12(11)2;/h4-7,10,13H,9H2,1-3H3;/q-1;. The summed E-state index contributed by atoms with van der Waals surface area (Å²) in [4.78, 5) is 17.1. The summed E-state index contributed by atoms with van der Waals surface area (Å²) >= 11 is 0. The summed E-state index contributed by atoms with van der Waals surface area (Å²) in [7, 11) is 0. The van der Waals surface area contributed by atoms with Gasteiger partial charge in [0, 0.05) is 44.2 Å². The van der Waals surface area contributed by atoms with Gasteiger partial charge in [-0.15, -0.1) is 5.56 Å². The van der Waals surface area contributed by atoms with Crippen molar-refractivity contribution in [2.24, 2.45) is 0 Å². The van der Waals surface area contributed by atoms with Crippen molar-refractivity contribution in [2.75, 3.05) is 4.90 Å². The molecule has 1 atom stereocenters. The summed E-state index contributed by atoms with van der Waals surface area (Å²) < 4.78 is 5.18. The molecule has 0 aliphatic carbocycles. The van der Waals surface area contributed by atoms with Crippen molar-refractivity contribution in [3.63, 3.8) is 0 Å². The number of carbonyl (C=O) groups excluding carboxylic acids is 1. The van der Waals surface area contributed by atoms with Crippen LogP contribution in [0.15, 0.2) is 24.3 Å². The molecule has 2 heterocycles. The number of pyridine rings is 1. The maximum atomic E-state index is 10.8. The van der Waals surface area contributed by atoms with Gasteiger partial charge in [-0.1, -0.05) is 18.3 Å². The molecule has 0 bridgehead atoms. The van der Waals surface area contributed by atoms with E-state index in [-0.39, 0.29) is 32.7 Å². The number of hydrogen-bond acceptors (Lipinski definition) is 4. The predicted octanol–water partition coefficient (Wildman–Crippen LogP) is 3.06. The monoisotopic (exact) mass is 370 g/mol. The molecule has 111 valence electrons. The molecule has 0 fully saturated rings. The van der Waals surface area contributed by atoms with Crippen molar-refractivity contribution in [3.05, 3.63) is 52.7 Å². The number of benzene rings is 1. The molecule has 0 saturated carbocycles. The van der Waals surface area contributed by atoms with Crippen molar-refractivity contribution in [1.29, 1.82) is 0 Å². The van der Waals surface area contributed by atoms with Gasteiger partial charge in [0.15, 0.2) is 6.23 Å². The minimum Gasteiger partial charge on any atom is -0.445 e. The third-order valence-electron chi connectivity index (χ3n) is 4.07. The molecule has 1 radical (unpaired) electrons. The minimum atomic E-state index is -0.413. The Kier molecular flexibility index (Phi) is 5.35. The molecule has 1 aromatic heterocycles. The quantitative estimate of drug-likeness (QED) is 0.615. The Morgan fingerprint density at radius 3 is 2.82 bits per heavy atom. The van der Waals surface area contributed by atoms with Crippen LogP contribution in [0.3, 0.4) is 0 Å². The molecule has 0 amide bonds. The van der Waals surface area contributed by atoms with Crippen LogP contribution in [0.25, 0.3) is 0 Å². The fraction of sp³-hybridized carbons (Fsp3) is 0.294. The van der Waals surface area contributed by atoms with E-state index in [1.54, 1.807) is 0 Å². The Labute approximate surface area is 155 Å². The first-order chi connectivity index (χ1) is 10.1. The second kappa shape index (κ2) is 6.88. The number of nitrogens with zero attached hydrogens (tertiary/aromatic N) is 2. The average Bonchev–Trinajstić information content (AvgIpc) is 2.49. The Balaban J connectivity index is 0.00000176. The fourth-order valence-electron chi connectivity index (χ4n) is 2.87. The second-order valence-corrected chi connectivity index (χ2v) is 5.32. The van der Waals surface area contributed by atoms with E-state index in [2.05, 4.69) is 37.2 Å². The number of carbonyl (C=O) groups is 1. The molecular formula is C17H17N2O2Y-. The number of anilines is 2. The van der Waals surface area contributed by atoms with Crippen LogP contribution >= 0.6 is 0 Å². The maximum absolute atomic E-state index is 10.8. The second-order valence-electron chi connectivity index (χ2n) is 5.32. The molecular weight excluding hydrogens is 353 g/mol. The Hall–Kier alpha value is -1.26. The fourth-order valence-corrected chi connectivity index (χ4v) is 2.87. The zero-order valence-electron chi connectivity index (χ0n) is 13.0. The minimum absolute atomic E-state index is 0. The normalized spacial score (nSPS) is 13.5. The molecule has 1 aliphatic heterocycles. The van der Waals surface area contributed by atoms with Gasteiger partial charge >= 0.3 is 0 Å². The summed E-state index contributed by atoms with van der Waals surface area (Å²) in [6, 6.07) is 8.10. The molecule has 22 heavy (non-hydrogen) atoms. The van der Waals surface area contributed by atoms with Gasteiger partial charge in [0.2, 0.25) is 0 Å². The van der Waals surface area contributed by atoms with Gasteiger partial charge in [-0.2, -0.15) is 12.1 Å². The molecule has 1 aromatic carbocycles. The summed E-state index contributed by atoms with van der Waals surface area (Å²) in [5.74, 6) is 0.813. The van der Waals surface area contributed by atoms with Crippen molar-refractivity contribution in [2.45, 2.75) is 33.4 Å². The van der Waals surface area contributed by atoms with Crippen molar-refractivity contribution in [3.8, 4) is 0 Å². The number of rotatable bonds is 3. The molecule has 4 nitrogen and oxygen atoms in total. The summed E-state index contributed by atoms with van der Waals surface area (Å²) in [5.41, 5.74) is 5.82. The molecule has 1 aliphatic rings. The van der Waals surface area contributed by atoms with Crippen LogP contribution in [0.4, 0.5) is 11.5 Å². The molecule has 5 heteroatoms. The smallest absolute Gasteiger partial charge is 0.294 e. The zero-order chi connectivity index (χ0) is 15.0. The van der Waals surface area contributed by atoms with Crippen molar-refractivity contribution >= 4 is 18.0 Å². The number of ether oxygens (including phenoxy) is 1. The summed E-state index contributed by atoms with van der Waals surface area (Å²) in [6.07, 6.45) is 3.30. The topological polar surface area (TPSA) is 42.4 Å². The zero-order valence-corrected chi connectivity index (χ0v) is 15.8. The number of hydrogen-bond donors (Lipinski definition) is 0. The summed E-state index contributed by atoms with van der Waals surface area (Å²) in [5, 5.41) is 0. The van der Waals surface area contributed by atoms with E-state index in [1.165, 1.54) is 16.7 Å². The molecule has 0 N–H and O–H groups in total. The Morgan fingerprint density at radius 1 is 1.32 bits per heavy atom. The Morgan fingerprint density at radius 2 is 2.09 bits per heavy atom. The number of aromatic nitrogens is 1. The van der Waals surface area contributed by atoms with E-state index in [9.17, 15) is 4.79 Å². The van der Waals surface area contributed by atoms with Crippen molar-refractivity contribution in [1.82, 2.24) is 4.98 Å². The van der Waals surface area contributed by atoms with Gasteiger partial charge < -0.3 is 14.6 Å². The van der Waals surface area contributed by atoms with Gasteiger partial charge in [0.05, 0.1) is 0 Å². The van der Waals surface area contributed by atoms with Gasteiger partial charge in [-0.3, -0.25) is 4.79 Å². The van der Waals surface area contributed by atoms with Gasteiger partial charge in [0.25, 0.3) is 6.47 Å². The van der Waals surface area contributed by atoms with Crippen LogP contribution in [0, 0.1) is 20.0 Å². The molecule has 0 saturated heterocycles.